The maximum atomic E-state index is 11.5. The second-order valence-electron chi connectivity index (χ2n) is 6.08. The van der Waals surface area contributed by atoms with Gasteiger partial charge in [-0.2, -0.15) is 0 Å². The van der Waals surface area contributed by atoms with Crippen LogP contribution in [0.3, 0.4) is 0 Å². The fourth-order valence-corrected chi connectivity index (χ4v) is 3.48. The number of aryl methyl sites for hydroxylation is 1. The smallest absolute Gasteiger partial charge is 0.234 e. The fourth-order valence-electron chi connectivity index (χ4n) is 3.48. The van der Waals surface area contributed by atoms with Crippen LogP contribution in [0.15, 0.2) is 18.2 Å². The molecule has 2 aliphatic rings. The molecule has 2 heterocycles. The first kappa shape index (κ1) is 14.2. The third kappa shape index (κ3) is 3.13. The molecule has 0 aliphatic carbocycles. The molecule has 21 heavy (non-hydrogen) atoms. The van der Waals surface area contributed by atoms with Crippen LogP contribution in [0.5, 0.6) is 0 Å². The van der Waals surface area contributed by atoms with Crippen LogP contribution >= 0.6 is 0 Å². The number of rotatable bonds is 2. The Morgan fingerprint density at radius 3 is 2.67 bits per heavy atom. The fraction of sp³-hybridized carbons (Fsp3) is 0.562. The number of piperidine rings is 1. The van der Waals surface area contributed by atoms with Gasteiger partial charge in [-0.25, -0.2) is 0 Å². The zero-order chi connectivity index (χ0) is 14.8. The standard InChI is InChI=1S/C16H24N4O/c1-12-10-13(17)2-3-15(12)19-7-4-14(5-8-19)20-9-6-18-16(21)11-20/h2-3,10,14H,4-9,11,17H2,1H3,(H,18,21). The highest BCUT2D eigenvalue weighted by Gasteiger charge is 2.28. The van der Waals surface area contributed by atoms with Crippen LogP contribution in [0.4, 0.5) is 11.4 Å². The number of benzene rings is 1. The highest BCUT2D eigenvalue weighted by molar-refractivity contribution is 5.78. The van der Waals surface area contributed by atoms with Gasteiger partial charge in [-0.05, 0) is 43.5 Å². The van der Waals surface area contributed by atoms with Gasteiger partial charge in [0.15, 0.2) is 0 Å². The molecule has 2 saturated heterocycles. The summed E-state index contributed by atoms with van der Waals surface area (Å²) < 4.78 is 0. The van der Waals surface area contributed by atoms with E-state index in [1.807, 2.05) is 12.1 Å². The molecular formula is C16H24N4O. The van der Waals surface area contributed by atoms with E-state index >= 15 is 0 Å². The van der Waals surface area contributed by atoms with Crippen LogP contribution < -0.4 is 16.0 Å². The minimum Gasteiger partial charge on any atom is -0.399 e. The number of carbonyl (C=O) groups is 1. The highest BCUT2D eigenvalue weighted by Crippen LogP contribution is 2.27. The Labute approximate surface area is 126 Å². The second kappa shape index (κ2) is 5.93. The number of amides is 1. The van der Waals surface area contributed by atoms with Gasteiger partial charge in [0.2, 0.25) is 5.91 Å². The summed E-state index contributed by atoms with van der Waals surface area (Å²) >= 11 is 0. The van der Waals surface area contributed by atoms with Gasteiger partial charge in [-0.1, -0.05) is 0 Å². The Balaban J connectivity index is 1.61. The normalized spacial score (nSPS) is 21.4. The van der Waals surface area contributed by atoms with Crippen LogP contribution in [0.1, 0.15) is 18.4 Å². The molecule has 1 amide bonds. The highest BCUT2D eigenvalue weighted by atomic mass is 16.2. The molecule has 5 heteroatoms. The Morgan fingerprint density at radius 1 is 1.24 bits per heavy atom. The first-order valence-corrected chi connectivity index (χ1v) is 7.75. The van der Waals surface area contributed by atoms with Crippen LogP contribution in [-0.2, 0) is 4.79 Å². The molecular weight excluding hydrogens is 264 g/mol. The van der Waals surface area contributed by atoms with Gasteiger partial charge >= 0.3 is 0 Å². The van der Waals surface area contributed by atoms with Gasteiger partial charge in [0.25, 0.3) is 0 Å². The van der Waals surface area contributed by atoms with E-state index in [1.54, 1.807) is 0 Å². The van der Waals surface area contributed by atoms with Gasteiger partial charge < -0.3 is 16.0 Å². The average Bonchev–Trinajstić information content (AvgIpc) is 2.47. The minimum atomic E-state index is 0.165. The number of piperazine rings is 1. The summed E-state index contributed by atoms with van der Waals surface area (Å²) in [5.41, 5.74) is 9.18. The summed E-state index contributed by atoms with van der Waals surface area (Å²) in [7, 11) is 0. The van der Waals surface area contributed by atoms with Gasteiger partial charge in [-0.15, -0.1) is 0 Å². The lowest BCUT2D eigenvalue weighted by molar-refractivity contribution is -0.125. The summed E-state index contributed by atoms with van der Waals surface area (Å²) in [5.74, 6) is 0.165. The maximum Gasteiger partial charge on any atom is 0.234 e. The van der Waals surface area contributed by atoms with Crippen LogP contribution in [0, 0.1) is 6.92 Å². The molecule has 1 aromatic rings. The zero-order valence-corrected chi connectivity index (χ0v) is 12.6. The molecule has 0 atom stereocenters. The molecule has 0 aromatic heterocycles. The molecule has 0 spiro atoms. The van der Waals surface area contributed by atoms with E-state index in [1.165, 1.54) is 11.3 Å². The van der Waals surface area contributed by atoms with Crippen molar-refractivity contribution in [2.24, 2.45) is 0 Å². The number of nitrogens with one attached hydrogen (secondary N) is 1. The summed E-state index contributed by atoms with van der Waals surface area (Å²) in [6.07, 6.45) is 2.24. The van der Waals surface area contributed by atoms with Crippen molar-refractivity contribution in [1.82, 2.24) is 10.2 Å². The van der Waals surface area contributed by atoms with Crippen molar-refractivity contribution < 1.29 is 4.79 Å². The molecule has 3 N–H and O–H groups in total. The third-order valence-corrected chi connectivity index (χ3v) is 4.61. The molecule has 5 nitrogen and oxygen atoms in total. The molecule has 2 fully saturated rings. The summed E-state index contributed by atoms with van der Waals surface area (Å²) in [5, 5.41) is 2.90. The number of nitrogens with zero attached hydrogens (tertiary/aromatic N) is 2. The number of anilines is 2. The van der Waals surface area contributed by atoms with Crippen molar-refractivity contribution in [2.45, 2.75) is 25.8 Å². The zero-order valence-electron chi connectivity index (χ0n) is 12.6. The lowest BCUT2D eigenvalue weighted by Crippen LogP contribution is -2.54. The van der Waals surface area contributed by atoms with E-state index in [0.717, 1.165) is 44.7 Å². The number of nitrogens with two attached hydrogens (primary N) is 1. The molecule has 0 bridgehead atoms. The Bertz CT molecular complexity index is 523. The maximum absolute atomic E-state index is 11.5. The number of hydrogen-bond acceptors (Lipinski definition) is 4. The van der Waals surface area contributed by atoms with E-state index in [9.17, 15) is 4.79 Å². The first-order chi connectivity index (χ1) is 10.1. The molecule has 2 aliphatic heterocycles. The van der Waals surface area contributed by atoms with E-state index in [0.29, 0.717) is 12.6 Å². The first-order valence-electron chi connectivity index (χ1n) is 7.75. The van der Waals surface area contributed by atoms with Crippen molar-refractivity contribution in [3.63, 3.8) is 0 Å². The van der Waals surface area contributed by atoms with E-state index < -0.39 is 0 Å². The Hall–Kier alpha value is -1.75. The Kier molecular flexibility index (Phi) is 4.01. The van der Waals surface area contributed by atoms with Crippen LogP contribution in [0.25, 0.3) is 0 Å². The van der Waals surface area contributed by atoms with Crippen molar-refractivity contribution in [1.29, 1.82) is 0 Å². The predicted octanol–water partition coefficient (Wildman–Crippen LogP) is 0.978. The molecule has 0 radical (unpaired) electrons. The number of nitrogen functional groups attached to an aromatic ring is 1. The Morgan fingerprint density at radius 2 is 2.00 bits per heavy atom. The minimum absolute atomic E-state index is 0.165. The van der Waals surface area contributed by atoms with Gasteiger partial charge in [0.05, 0.1) is 6.54 Å². The van der Waals surface area contributed by atoms with E-state index in [-0.39, 0.29) is 5.91 Å². The largest absolute Gasteiger partial charge is 0.399 e. The number of carbonyl (C=O) groups excluding carboxylic acids is 1. The topological polar surface area (TPSA) is 61.6 Å². The molecule has 3 rings (SSSR count). The molecule has 114 valence electrons. The van der Waals surface area contributed by atoms with Gasteiger partial charge in [0.1, 0.15) is 0 Å². The third-order valence-electron chi connectivity index (χ3n) is 4.61. The SMILES string of the molecule is Cc1cc(N)ccc1N1CCC(N2CCNC(=O)C2)CC1. The van der Waals surface area contributed by atoms with Crippen molar-refractivity contribution in [3.05, 3.63) is 23.8 Å². The summed E-state index contributed by atoms with van der Waals surface area (Å²) in [4.78, 5) is 16.3. The molecule has 0 saturated carbocycles. The van der Waals surface area contributed by atoms with E-state index in [2.05, 4.69) is 28.1 Å². The van der Waals surface area contributed by atoms with Crippen molar-refractivity contribution >= 4 is 17.3 Å². The summed E-state index contributed by atoms with van der Waals surface area (Å²) in [6, 6.07) is 6.68. The quantitative estimate of drug-likeness (QED) is 0.796. The summed E-state index contributed by atoms with van der Waals surface area (Å²) in [6.45, 7) is 6.55. The van der Waals surface area contributed by atoms with Crippen molar-refractivity contribution in [2.75, 3.05) is 43.4 Å². The van der Waals surface area contributed by atoms with Crippen LogP contribution in [0.2, 0.25) is 0 Å². The van der Waals surface area contributed by atoms with E-state index in [4.69, 9.17) is 5.73 Å². The monoisotopic (exact) mass is 288 g/mol. The lowest BCUT2D eigenvalue weighted by Gasteiger charge is -2.41. The van der Waals surface area contributed by atoms with Gasteiger partial charge in [0, 0.05) is 43.6 Å². The molecule has 0 unspecified atom stereocenters. The van der Waals surface area contributed by atoms with Crippen molar-refractivity contribution in [3.8, 4) is 0 Å². The van der Waals surface area contributed by atoms with Crippen LogP contribution in [-0.4, -0.2) is 49.6 Å². The average molecular weight is 288 g/mol. The molecule has 1 aromatic carbocycles. The predicted molar refractivity (Wildman–Crippen MR) is 85.4 cm³/mol. The number of hydrogen-bond donors (Lipinski definition) is 2. The van der Waals surface area contributed by atoms with Gasteiger partial charge in [-0.3, -0.25) is 9.69 Å². The lowest BCUT2D eigenvalue weighted by atomic mass is 10.0. The second-order valence-corrected chi connectivity index (χ2v) is 6.08.